The van der Waals surface area contributed by atoms with Crippen molar-refractivity contribution in [1.82, 2.24) is 0 Å². The van der Waals surface area contributed by atoms with Crippen LogP contribution in [0.4, 0.5) is 0 Å². The molecule has 0 N–H and O–H groups in total. The molecule has 96 valence electrons. The molecule has 1 atom stereocenters. The first-order valence-electron chi connectivity index (χ1n) is 6.86. The topological polar surface area (TPSA) is 0 Å². The predicted molar refractivity (Wildman–Crippen MR) is 84.5 cm³/mol. The van der Waals surface area contributed by atoms with Crippen LogP contribution in [0.1, 0.15) is 48.6 Å². The Hall–Kier alpha value is -0.820. The van der Waals surface area contributed by atoms with Crippen LogP contribution < -0.4 is 0 Å². The van der Waals surface area contributed by atoms with Gasteiger partial charge in [0.25, 0.3) is 0 Å². The largest absolute Gasteiger partial charge is 0.0838 e. The number of halogens is 1. The number of hydrogen-bond acceptors (Lipinski definition) is 0. The maximum Gasteiger partial charge on any atom is 0.0404 e. The molecule has 0 aromatic heterocycles. The summed E-state index contributed by atoms with van der Waals surface area (Å²) in [4.78, 5) is 0.482. The fourth-order valence-electron chi connectivity index (χ4n) is 2.54. The molecule has 1 unspecified atom stereocenters. The number of fused-ring (bicyclic) bond motifs is 1. The monoisotopic (exact) mass is 304 g/mol. The summed E-state index contributed by atoms with van der Waals surface area (Å²) < 4.78 is 0. The first-order chi connectivity index (χ1) is 8.74. The number of hydrogen-bond donors (Lipinski definition) is 0. The SMILES string of the molecule is CCCCCC(Br)c1c(C)ccc2ccccc12. The normalized spacial score (nSPS) is 12.8. The lowest BCUT2D eigenvalue weighted by Crippen LogP contribution is -1.95. The molecule has 2 aromatic rings. The zero-order valence-corrected chi connectivity index (χ0v) is 12.8. The van der Waals surface area contributed by atoms with E-state index >= 15 is 0 Å². The van der Waals surface area contributed by atoms with E-state index in [1.165, 1.54) is 47.6 Å². The molecule has 0 amide bonds. The zero-order chi connectivity index (χ0) is 13.0. The Labute approximate surface area is 119 Å². The highest BCUT2D eigenvalue weighted by Gasteiger charge is 2.13. The molecule has 0 bridgehead atoms. The summed E-state index contributed by atoms with van der Waals surface area (Å²) in [6.07, 6.45) is 5.14. The second kappa shape index (κ2) is 6.38. The van der Waals surface area contributed by atoms with Crippen LogP contribution in [0.5, 0.6) is 0 Å². The van der Waals surface area contributed by atoms with Crippen LogP contribution in [0.25, 0.3) is 10.8 Å². The summed E-state index contributed by atoms with van der Waals surface area (Å²) in [5, 5.41) is 2.74. The van der Waals surface area contributed by atoms with Crippen LogP contribution in [-0.4, -0.2) is 0 Å². The molecule has 0 nitrogen and oxygen atoms in total. The lowest BCUT2D eigenvalue weighted by molar-refractivity contribution is 0.664. The Morgan fingerprint density at radius 3 is 2.61 bits per heavy atom. The van der Waals surface area contributed by atoms with Gasteiger partial charge in [-0.05, 0) is 35.2 Å². The molecule has 0 aliphatic carbocycles. The third-order valence-corrected chi connectivity index (χ3v) is 4.48. The molecule has 0 saturated heterocycles. The van der Waals surface area contributed by atoms with Gasteiger partial charge in [0, 0.05) is 4.83 Å². The van der Waals surface area contributed by atoms with E-state index in [0.717, 1.165) is 0 Å². The van der Waals surface area contributed by atoms with Gasteiger partial charge in [0.05, 0.1) is 0 Å². The maximum absolute atomic E-state index is 3.89. The predicted octanol–water partition coefficient (Wildman–Crippen LogP) is 6.16. The van der Waals surface area contributed by atoms with Crippen LogP contribution in [0.2, 0.25) is 0 Å². The summed E-state index contributed by atoms with van der Waals surface area (Å²) in [5.41, 5.74) is 2.87. The van der Waals surface area contributed by atoms with Crippen molar-refractivity contribution in [3.8, 4) is 0 Å². The van der Waals surface area contributed by atoms with Gasteiger partial charge in [-0.3, -0.25) is 0 Å². The van der Waals surface area contributed by atoms with Crippen molar-refractivity contribution in [2.45, 2.75) is 44.4 Å². The molecule has 0 aliphatic rings. The summed E-state index contributed by atoms with van der Waals surface area (Å²) in [5.74, 6) is 0. The lowest BCUT2D eigenvalue weighted by Gasteiger charge is -2.16. The van der Waals surface area contributed by atoms with Gasteiger partial charge in [0.1, 0.15) is 0 Å². The van der Waals surface area contributed by atoms with Crippen LogP contribution in [0.15, 0.2) is 36.4 Å². The number of benzene rings is 2. The molecule has 0 saturated carbocycles. The second-order valence-electron chi connectivity index (χ2n) is 4.98. The van der Waals surface area contributed by atoms with Gasteiger partial charge in [0.2, 0.25) is 0 Å². The average molecular weight is 305 g/mol. The van der Waals surface area contributed by atoms with Crippen LogP contribution in [-0.2, 0) is 0 Å². The highest BCUT2D eigenvalue weighted by molar-refractivity contribution is 9.09. The van der Waals surface area contributed by atoms with Crippen molar-refractivity contribution in [2.75, 3.05) is 0 Å². The van der Waals surface area contributed by atoms with E-state index in [1.807, 2.05) is 0 Å². The quantitative estimate of drug-likeness (QED) is 0.458. The molecule has 0 spiro atoms. The Kier molecular flexibility index (Phi) is 4.82. The highest BCUT2D eigenvalue weighted by Crippen LogP contribution is 2.36. The van der Waals surface area contributed by atoms with E-state index < -0.39 is 0 Å². The van der Waals surface area contributed by atoms with Gasteiger partial charge in [-0.25, -0.2) is 0 Å². The summed E-state index contributed by atoms with van der Waals surface area (Å²) in [6, 6.07) is 13.2. The Morgan fingerprint density at radius 2 is 1.83 bits per heavy atom. The first kappa shape index (κ1) is 13.6. The fraction of sp³-hybridized carbons (Fsp3) is 0.412. The minimum absolute atomic E-state index is 0.482. The van der Waals surface area contributed by atoms with Crippen molar-refractivity contribution in [3.63, 3.8) is 0 Å². The van der Waals surface area contributed by atoms with E-state index in [9.17, 15) is 0 Å². The second-order valence-corrected chi connectivity index (χ2v) is 6.09. The van der Waals surface area contributed by atoms with Crippen molar-refractivity contribution in [1.29, 1.82) is 0 Å². The van der Waals surface area contributed by atoms with Crippen LogP contribution in [0, 0.1) is 6.92 Å². The van der Waals surface area contributed by atoms with Crippen molar-refractivity contribution < 1.29 is 0 Å². The Balaban J connectivity index is 2.33. The molecule has 2 rings (SSSR count). The number of aryl methyl sites for hydroxylation is 1. The minimum atomic E-state index is 0.482. The molecular formula is C17H21Br. The first-order valence-corrected chi connectivity index (χ1v) is 7.78. The third-order valence-electron chi connectivity index (χ3n) is 3.56. The Bertz CT molecular complexity index is 516. The molecule has 0 fully saturated rings. The van der Waals surface area contributed by atoms with Gasteiger partial charge in [0.15, 0.2) is 0 Å². The van der Waals surface area contributed by atoms with Crippen LogP contribution in [0.3, 0.4) is 0 Å². The molecule has 0 radical (unpaired) electrons. The fourth-order valence-corrected chi connectivity index (χ4v) is 3.47. The van der Waals surface area contributed by atoms with Gasteiger partial charge < -0.3 is 0 Å². The zero-order valence-electron chi connectivity index (χ0n) is 11.2. The van der Waals surface area contributed by atoms with Gasteiger partial charge in [-0.2, -0.15) is 0 Å². The van der Waals surface area contributed by atoms with E-state index in [4.69, 9.17) is 0 Å². The molecule has 0 aliphatic heterocycles. The van der Waals surface area contributed by atoms with E-state index in [1.54, 1.807) is 0 Å². The molecule has 0 heterocycles. The van der Waals surface area contributed by atoms with Gasteiger partial charge in [-0.1, -0.05) is 78.5 Å². The van der Waals surface area contributed by atoms with Gasteiger partial charge in [-0.15, -0.1) is 0 Å². The lowest BCUT2D eigenvalue weighted by atomic mass is 9.95. The van der Waals surface area contributed by atoms with E-state index in [2.05, 4.69) is 66.2 Å². The minimum Gasteiger partial charge on any atom is -0.0838 e. The maximum atomic E-state index is 3.89. The van der Waals surface area contributed by atoms with Gasteiger partial charge >= 0.3 is 0 Å². The number of unbranched alkanes of at least 4 members (excludes halogenated alkanes) is 2. The number of alkyl halides is 1. The molecule has 1 heteroatoms. The smallest absolute Gasteiger partial charge is 0.0404 e. The molecule has 2 aromatic carbocycles. The number of rotatable bonds is 5. The summed E-state index contributed by atoms with van der Waals surface area (Å²) in [7, 11) is 0. The third kappa shape index (κ3) is 2.95. The van der Waals surface area contributed by atoms with Crippen LogP contribution >= 0.6 is 15.9 Å². The van der Waals surface area contributed by atoms with Crippen molar-refractivity contribution in [2.24, 2.45) is 0 Å². The van der Waals surface area contributed by atoms with E-state index in [0.29, 0.717) is 4.83 Å². The van der Waals surface area contributed by atoms with E-state index in [-0.39, 0.29) is 0 Å². The highest BCUT2D eigenvalue weighted by atomic mass is 79.9. The Morgan fingerprint density at radius 1 is 1.06 bits per heavy atom. The standard InChI is InChI=1S/C17H21Br/c1-3-4-5-10-16(18)17-13(2)11-12-14-8-6-7-9-15(14)17/h6-9,11-12,16H,3-5,10H2,1-2H3. The summed E-state index contributed by atoms with van der Waals surface area (Å²) >= 11 is 3.89. The molecule has 18 heavy (non-hydrogen) atoms. The van der Waals surface area contributed by atoms with Crippen molar-refractivity contribution in [3.05, 3.63) is 47.5 Å². The molecular weight excluding hydrogens is 284 g/mol. The summed E-state index contributed by atoms with van der Waals surface area (Å²) in [6.45, 7) is 4.47. The van der Waals surface area contributed by atoms with Crippen molar-refractivity contribution >= 4 is 26.7 Å². The average Bonchev–Trinajstić information content (AvgIpc) is 2.38.